The molecule has 9 nitrogen and oxygen atoms in total. The number of hydrogen-bond donors (Lipinski definition) is 3. The highest BCUT2D eigenvalue weighted by atomic mass is 16.5. The lowest BCUT2D eigenvalue weighted by Crippen LogP contribution is -2.33. The van der Waals surface area contributed by atoms with E-state index in [0.717, 1.165) is 15.9 Å². The Morgan fingerprint density at radius 1 is 1.13 bits per heavy atom. The molecule has 1 aliphatic heterocycles. The molecule has 0 aliphatic carbocycles. The largest absolute Gasteiger partial charge is 0.495 e. The van der Waals surface area contributed by atoms with Gasteiger partial charge in [0, 0.05) is 12.0 Å². The quantitative estimate of drug-likeness (QED) is 0.560. The van der Waals surface area contributed by atoms with Crippen molar-refractivity contribution >= 4 is 5.71 Å². The van der Waals surface area contributed by atoms with Gasteiger partial charge in [0.1, 0.15) is 17.1 Å². The molecule has 0 fully saturated rings. The smallest absolute Gasteiger partial charge is 0.335 e. The van der Waals surface area contributed by atoms with Crippen molar-refractivity contribution in [3.05, 3.63) is 80.5 Å². The van der Waals surface area contributed by atoms with Gasteiger partial charge in [0.05, 0.1) is 31.2 Å². The second kappa shape index (κ2) is 8.39. The van der Waals surface area contributed by atoms with Crippen LogP contribution in [0.15, 0.2) is 63.2 Å². The first-order valence-electron chi connectivity index (χ1n) is 9.81. The van der Waals surface area contributed by atoms with Crippen LogP contribution in [0.5, 0.6) is 17.4 Å². The van der Waals surface area contributed by atoms with Crippen molar-refractivity contribution in [2.75, 3.05) is 13.7 Å². The Morgan fingerprint density at radius 3 is 2.58 bits per heavy atom. The summed E-state index contributed by atoms with van der Waals surface area (Å²) in [7, 11) is 1.46. The lowest BCUT2D eigenvalue weighted by atomic mass is 9.99. The second-order valence-electron chi connectivity index (χ2n) is 6.88. The SMILES string of the molecule is CCOc1ccccc1[C@@H]1CC(c2c(O)n(-c3ccccc3OC)c(=O)[nH]c2=O)=NN1. The third-order valence-corrected chi connectivity index (χ3v) is 5.05. The molecule has 4 rings (SSSR count). The molecule has 160 valence electrons. The van der Waals surface area contributed by atoms with E-state index < -0.39 is 17.1 Å². The van der Waals surface area contributed by atoms with Gasteiger partial charge in [-0.25, -0.2) is 9.36 Å². The number of rotatable bonds is 6. The second-order valence-corrected chi connectivity index (χ2v) is 6.88. The van der Waals surface area contributed by atoms with Crippen molar-refractivity contribution < 1.29 is 14.6 Å². The van der Waals surface area contributed by atoms with Gasteiger partial charge in [-0.15, -0.1) is 0 Å². The van der Waals surface area contributed by atoms with E-state index in [1.165, 1.54) is 7.11 Å². The molecule has 1 atom stereocenters. The predicted octanol–water partition coefficient (Wildman–Crippen LogP) is 2.08. The number of ether oxygens (including phenoxy) is 2. The molecule has 0 bridgehead atoms. The Balaban J connectivity index is 1.75. The van der Waals surface area contributed by atoms with Crippen molar-refractivity contribution in [1.29, 1.82) is 0 Å². The van der Waals surface area contributed by atoms with Gasteiger partial charge in [-0.2, -0.15) is 5.10 Å². The summed E-state index contributed by atoms with van der Waals surface area (Å²) in [4.78, 5) is 27.4. The van der Waals surface area contributed by atoms with Crippen LogP contribution in [0, 0.1) is 0 Å². The highest BCUT2D eigenvalue weighted by Gasteiger charge is 2.29. The molecule has 0 unspecified atom stereocenters. The van der Waals surface area contributed by atoms with E-state index >= 15 is 0 Å². The monoisotopic (exact) mass is 422 g/mol. The summed E-state index contributed by atoms with van der Waals surface area (Å²) in [6, 6.07) is 14.0. The Labute approximate surface area is 177 Å². The Bertz CT molecular complexity index is 1260. The zero-order valence-electron chi connectivity index (χ0n) is 17.1. The third-order valence-electron chi connectivity index (χ3n) is 5.05. The first-order valence-corrected chi connectivity index (χ1v) is 9.81. The summed E-state index contributed by atoms with van der Waals surface area (Å²) < 4.78 is 12.0. The Hall–Kier alpha value is -4.01. The molecule has 3 aromatic rings. The van der Waals surface area contributed by atoms with Gasteiger partial charge in [0.25, 0.3) is 5.56 Å². The number of hydrogen-bond acceptors (Lipinski definition) is 7. The summed E-state index contributed by atoms with van der Waals surface area (Å²) in [6.45, 7) is 2.42. The van der Waals surface area contributed by atoms with E-state index in [1.807, 2.05) is 31.2 Å². The molecule has 1 aliphatic rings. The molecule has 2 heterocycles. The molecule has 0 saturated heterocycles. The molecule has 3 N–H and O–H groups in total. The van der Waals surface area contributed by atoms with Crippen LogP contribution in [0.2, 0.25) is 0 Å². The van der Waals surface area contributed by atoms with Crippen molar-refractivity contribution in [3.63, 3.8) is 0 Å². The molecular formula is C22H22N4O5. The standard InChI is InChI=1S/C22H22N4O5/c1-3-31-17-10-6-4-8-13(17)14-12-15(25-24-14)19-20(27)23-22(29)26(21(19)28)16-9-5-7-11-18(16)30-2/h4-11,14,24,28H,3,12H2,1-2H3,(H,23,27,29)/t14-/m0/s1. The topological polar surface area (TPSA) is 118 Å². The summed E-state index contributed by atoms with van der Waals surface area (Å²) in [5.74, 6) is 0.585. The molecule has 2 aromatic carbocycles. The van der Waals surface area contributed by atoms with Gasteiger partial charge in [0.2, 0.25) is 5.88 Å². The Kier molecular flexibility index (Phi) is 5.48. The minimum absolute atomic E-state index is 0.0746. The van der Waals surface area contributed by atoms with Crippen molar-refractivity contribution in [1.82, 2.24) is 15.0 Å². The van der Waals surface area contributed by atoms with E-state index in [1.54, 1.807) is 24.3 Å². The van der Waals surface area contributed by atoms with Gasteiger partial charge in [-0.3, -0.25) is 9.78 Å². The maximum Gasteiger partial charge on any atom is 0.335 e. The van der Waals surface area contributed by atoms with Gasteiger partial charge in [-0.1, -0.05) is 30.3 Å². The van der Waals surface area contributed by atoms with Crippen LogP contribution in [0.3, 0.4) is 0 Å². The maximum absolute atomic E-state index is 12.6. The average molecular weight is 422 g/mol. The fourth-order valence-corrected chi connectivity index (χ4v) is 3.66. The normalized spacial score (nSPS) is 15.3. The number of methoxy groups -OCH3 is 1. The van der Waals surface area contributed by atoms with Gasteiger partial charge in [-0.05, 0) is 25.1 Å². The van der Waals surface area contributed by atoms with Crippen LogP contribution in [0.1, 0.15) is 30.5 Å². The fourth-order valence-electron chi connectivity index (χ4n) is 3.66. The summed E-state index contributed by atoms with van der Waals surface area (Å²) in [6.07, 6.45) is 0.324. The van der Waals surface area contributed by atoms with Gasteiger partial charge in [0.15, 0.2) is 0 Å². The van der Waals surface area contributed by atoms with Crippen LogP contribution in [0.4, 0.5) is 0 Å². The van der Waals surface area contributed by atoms with E-state index in [-0.39, 0.29) is 11.6 Å². The zero-order chi connectivity index (χ0) is 22.0. The molecule has 0 radical (unpaired) electrons. The molecule has 9 heteroatoms. The van der Waals surface area contributed by atoms with Crippen molar-refractivity contribution in [2.24, 2.45) is 5.10 Å². The van der Waals surface area contributed by atoms with Crippen molar-refractivity contribution in [2.45, 2.75) is 19.4 Å². The molecular weight excluding hydrogens is 400 g/mol. The molecule has 0 amide bonds. The molecule has 31 heavy (non-hydrogen) atoms. The average Bonchev–Trinajstić information content (AvgIpc) is 3.24. The molecule has 1 aromatic heterocycles. The van der Waals surface area contributed by atoms with E-state index in [0.29, 0.717) is 30.2 Å². The summed E-state index contributed by atoms with van der Waals surface area (Å²) in [5.41, 5.74) is 2.96. The highest BCUT2D eigenvalue weighted by Crippen LogP contribution is 2.33. The first-order chi connectivity index (χ1) is 15.0. The number of para-hydroxylation sites is 3. The minimum Gasteiger partial charge on any atom is -0.495 e. The maximum atomic E-state index is 12.6. The number of H-pyrrole nitrogens is 1. The number of hydrazone groups is 1. The molecule has 0 spiro atoms. The lowest BCUT2D eigenvalue weighted by Gasteiger charge is -2.16. The van der Waals surface area contributed by atoms with Crippen LogP contribution in [-0.2, 0) is 0 Å². The van der Waals surface area contributed by atoms with E-state index in [4.69, 9.17) is 9.47 Å². The van der Waals surface area contributed by atoms with Crippen LogP contribution >= 0.6 is 0 Å². The van der Waals surface area contributed by atoms with Crippen LogP contribution in [-0.4, -0.2) is 34.1 Å². The Morgan fingerprint density at radius 2 is 1.84 bits per heavy atom. The van der Waals surface area contributed by atoms with Crippen LogP contribution in [0.25, 0.3) is 5.69 Å². The van der Waals surface area contributed by atoms with Crippen LogP contribution < -0.4 is 26.1 Å². The number of nitrogens with one attached hydrogen (secondary N) is 2. The third kappa shape index (κ3) is 3.65. The minimum atomic E-state index is -0.777. The predicted molar refractivity (Wildman–Crippen MR) is 116 cm³/mol. The fraction of sp³-hybridized carbons (Fsp3) is 0.227. The van der Waals surface area contributed by atoms with Gasteiger partial charge >= 0.3 is 5.69 Å². The number of nitrogens with zero attached hydrogens (tertiary/aromatic N) is 2. The van der Waals surface area contributed by atoms with E-state index in [2.05, 4.69) is 15.5 Å². The van der Waals surface area contributed by atoms with Crippen molar-refractivity contribution in [3.8, 4) is 23.1 Å². The molecule has 0 saturated carbocycles. The summed E-state index contributed by atoms with van der Waals surface area (Å²) in [5, 5.41) is 15.2. The zero-order valence-corrected chi connectivity index (χ0v) is 17.1. The number of aromatic hydroxyl groups is 1. The number of aromatic nitrogens is 2. The number of aromatic amines is 1. The number of benzene rings is 2. The highest BCUT2D eigenvalue weighted by molar-refractivity contribution is 6.03. The van der Waals surface area contributed by atoms with E-state index in [9.17, 15) is 14.7 Å². The van der Waals surface area contributed by atoms with Gasteiger partial charge < -0.3 is 20.0 Å². The first kappa shape index (κ1) is 20.3. The summed E-state index contributed by atoms with van der Waals surface area (Å²) >= 11 is 0. The lowest BCUT2D eigenvalue weighted by molar-refractivity contribution is 0.332.